The lowest BCUT2D eigenvalue weighted by Gasteiger charge is -2.26. The summed E-state index contributed by atoms with van der Waals surface area (Å²) in [7, 11) is 1.62. The maximum absolute atomic E-state index is 13.0. The number of anilines is 2. The van der Waals surface area contributed by atoms with Crippen molar-refractivity contribution in [2.75, 3.05) is 12.4 Å². The molecule has 0 saturated carbocycles. The molecular formula is C23H26N4O2. The molecule has 1 amide bonds. The van der Waals surface area contributed by atoms with Gasteiger partial charge in [-0.15, -0.1) is 0 Å². The lowest BCUT2D eigenvalue weighted by atomic mass is 10.2. The quantitative estimate of drug-likeness (QED) is 0.639. The molecule has 0 saturated heterocycles. The Hall–Kier alpha value is -3.41. The number of rotatable bonds is 7. The van der Waals surface area contributed by atoms with Gasteiger partial charge in [-0.05, 0) is 44.0 Å². The van der Waals surface area contributed by atoms with Crippen molar-refractivity contribution in [3.63, 3.8) is 0 Å². The summed E-state index contributed by atoms with van der Waals surface area (Å²) in [5.74, 6) is 1.12. The van der Waals surface area contributed by atoms with E-state index in [0.29, 0.717) is 23.8 Å². The molecule has 3 aromatic rings. The summed E-state index contributed by atoms with van der Waals surface area (Å²) in [6.45, 7) is 6.52. The van der Waals surface area contributed by atoms with E-state index in [0.717, 1.165) is 16.8 Å². The smallest absolute Gasteiger partial charge is 0.274 e. The highest BCUT2D eigenvalue weighted by atomic mass is 16.5. The van der Waals surface area contributed by atoms with Crippen molar-refractivity contribution in [3.8, 4) is 5.75 Å². The van der Waals surface area contributed by atoms with Gasteiger partial charge in [0.05, 0.1) is 25.2 Å². The van der Waals surface area contributed by atoms with Crippen molar-refractivity contribution in [1.82, 2.24) is 14.9 Å². The van der Waals surface area contributed by atoms with Gasteiger partial charge in [-0.2, -0.15) is 0 Å². The van der Waals surface area contributed by atoms with Crippen LogP contribution in [0.4, 0.5) is 11.5 Å². The molecule has 0 unspecified atom stereocenters. The van der Waals surface area contributed by atoms with Gasteiger partial charge < -0.3 is 15.0 Å². The van der Waals surface area contributed by atoms with Crippen molar-refractivity contribution in [2.24, 2.45) is 0 Å². The van der Waals surface area contributed by atoms with Crippen LogP contribution in [0.25, 0.3) is 0 Å². The van der Waals surface area contributed by atoms with Gasteiger partial charge in [0, 0.05) is 12.6 Å². The summed E-state index contributed by atoms with van der Waals surface area (Å²) in [5.41, 5.74) is 3.29. The zero-order chi connectivity index (χ0) is 20.8. The molecule has 0 aliphatic carbocycles. The third-order valence-corrected chi connectivity index (χ3v) is 4.57. The Bertz CT molecular complexity index is 956. The number of aromatic nitrogens is 2. The number of carbonyl (C=O) groups is 1. The summed E-state index contributed by atoms with van der Waals surface area (Å²) < 4.78 is 5.38. The van der Waals surface area contributed by atoms with E-state index in [1.807, 2.05) is 69.3 Å². The molecule has 2 aromatic carbocycles. The fourth-order valence-electron chi connectivity index (χ4n) is 2.98. The lowest BCUT2D eigenvalue weighted by molar-refractivity contribution is 0.0684. The number of benzene rings is 2. The fourth-order valence-corrected chi connectivity index (χ4v) is 2.98. The highest BCUT2D eigenvalue weighted by Crippen LogP contribution is 2.27. The Morgan fingerprint density at radius 2 is 1.86 bits per heavy atom. The number of hydrogen-bond acceptors (Lipinski definition) is 5. The number of methoxy groups -OCH3 is 1. The highest BCUT2D eigenvalue weighted by Gasteiger charge is 2.20. The van der Waals surface area contributed by atoms with E-state index in [1.165, 1.54) is 6.20 Å². The van der Waals surface area contributed by atoms with Gasteiger partial charge in [0.25, 0.3) is 5.91 Å². The van der Waals surface area contributed by atoms with Gasteiger partial charge in [0.2, 0.25) is 0 Å². The van der Waals surface area contributed by atoms with Gasteiger partial charge in [-0.3, -0.25) is 4.79 Å². The maximum Gasteiger partial charge on any atom is 0.274 e. The molecule has 0 radical (unpaired) electrons. The molecule has 6 nitrogen and oxygen atoms in total. The Morgan fingerprint density at radius 3 is 2.48 bits per heavy atom. The highest BCUT2D eigenvalue weighted by molar-refractivity contribution is 5.92. The predicted molar refractivity (Wildman–Crippen MR) is 114 cm³/mol. The predicted octanol–water partition coefficient (Wildman–Crippen LogP) is 4.59. The van der Waals surface area contributed by atoms with Crippen LogP contribution in [0.2, 0.25) is 0 Å². The normalized spacial score (nSPS) is 10.7. The van der Waals surface area contributed by atoms with Crippen molar-refractivity contribution in [1.29, 1.82) is 0 Å². The van der Waals surface area contributed by atoms with E-state index < -0.39 is 0 Å². The first-order valence-electron chi connectivity index (χ1n) is 9.56. The molecule has 1 aromatic heterocycles. The second-order valence-electron chi connectivity index (χ2n) is 7.13. The molecule has 0 atom stereocenters. The van der Waals surface area contributed by atoms with Crippen LogP contribution in [0.15, 0.2) is 60.9 Å². The SMILES string of the molecule is COc1ccc(C)cc1Nc1cnc(C(=O)N(Cc2ccccc2)C(C)C)cn1. The van der Waals surface area contributed by atoms with E-state index in [9.17, 15) is 4.79 Å². The van der Waals surface area contributed by atoms with Crippen molar-refractivity contribution in [3.05, 3.63) is 77.7 Å². The Labute approximate surface area is 171 Å². The minimum absolute atomic E-state index is 0.0406. The van der Waals surface area contributed by atoms with Gasteiger partial charge in [0.1, 0.15) is 17.3 Å². The van der Waals surface area contributed by atoms with Crippen LogP contribution >= 0.6 is 0 Å². The minimum Gasteiger partial charge on any atom is -0.495 e. The fraction of sp³-hybridized carbons (Fsp3) is 0.261. The molecule has 1 N–H and O–H groups in total. The topological polar surface area (TPSA) is 67.3 Å². The van der Waals surface area contributed by atoms with Crippen LogP contribution in [0, 0.1) is 6.92 Å². The first-order valence-corrected chi connectivity index (χ1v) is 9.56. The summed E-state index contributed by atoms with van der Waals surface area (Å²) in [6, 6.07) is 15.8. The largest absolute Gasteiger partial charge is 0.495 e. The average molecular weight is 390 g/mol. The van der Waals surface area contributed by atoms with Crippen LogP contribution < -0.4 is 10.1 Å². The van der Waals surface area contributed by atoms with E-state index >= 15 is 0 Å². The first kappa shape index (κ1) is 20.3. The van der Waals surface area contributed by atoms with E-state index in [-0.39, 0.29) is 11.9 Å². The standard InChI is InChI=1S/C23H26N4O2/c1-16(2)27(15-18-8-6-5-7-9-18)23(28)20-13-25-22(14-24-20)26-19-12-17(3)10-11-21(19)29-4/h5-14,16H,15H2,1-4H3,(H,25,26). The number of nitrogens with zero attached hydrogens (tertiary/aromatic N) is 3. The maximum atomic E-state index is 13.0. The molecule has 0 fully saturated rings. The number of aryl methyl sites for hydroxylation is 1. The number of carbonyl (C=O) groups excluding carboxylic acids is 1. The molecular weight excluding hydrogens is 364 g/mol. The first-order chi connectivity index (χ1) is 14.0. The molecule has 150 valence electrons. The van der Waals surface area contributed by atoms with E-state index in [2.05, 4.69) is 15.3 Å². The zero-order valence-corrected chi connectivity index (χ0v) is 17.2. The van der Waals surface area contributed by atoms with Gasteiger partial charge in [-0.1, -0.05) is 36.4 Å². The molecule has 29 heavy (non-hydrogen) atoms. The van der Waals surface area contributed by atoms with Crippen LogP contribution in [-0.4, -0.2) is 33.9 Å². The van der Waals surface area contributed by atoms with Crippen molar-refractivity contribution >= 4 is 17.4 Å². The summed E-state index contributed by atoms with van der Waals surface area (Å²) in [4.78, 5) is 23.5. The Kier molecular flexibility index (Phi) is 6.44. The zero-order valence-electron chi connectivity index (χ0n) is 17.2. The number of hydrogen-bond donors (Lipinski definition) is 1. The lowest BCUT2D eigenvalue weighted by Crippen LogP contribution is -2.36. The minimum atomic E-state index is -0.143. The van der Waals surface area contributed by atoms with Crippen molar-refractivity contribution < 1.29 is 9.53 Å². The van der Waals surface area contributed by atoms with Crippen molar-refractivity contribution in [2.45, 2.75) is 33.4 Å². The number of amides is 1. The molecule has 0 bridgehead atoms. The molecule has 3 rings (SSSR count). The van der Waals surface area contributed by atoms with Crippen LogP contribution in [-0.2, 0) is 6.54 Å². The molecule has 0 aliphatic heterocycles. The van der Waals surface area contributed by atoms with Gasteiger partial charge in [-0.25, -0.2) is 9.97 Å². The summed E-state index contributed by atoms with van der Waals surface area (Å²) in [5, 5.41) is 3.20. The van der Waals surface area contributed by atoms with Crippen LogP contribution in [0.5, 0.6) is 5.75 Å². The summed E-state index contributed by atoms with van der Waals surface area (Å²) in [6.07, 6.45) is 3.07. The second-order valence-corrected chi connectivity index (χ2v) is 7.13. The van der Waals surface area contributed by atoms with Gasteiger partial charge >= 0.3 is 0 Å². The number of nitrogens with one attached hydrogen (secondary N) is 1. The van der Waals surface area contributed by atoms with Crippen LogP contribution in [0.3, 0.4) is 0 Å². The van der Waals surface area contributed by atoms with E-state index in [4.69, 9.17) is 4.74 Å². The Balaban J connectivity index is 1.76. The van der Waals surface area contributed by atoms with E-state index in [1.54, 1.807) is 18.2 Å². The van der Waals surface area contributed by atoms with Crippen LogP contribution in [0.1, 0.15) is 35.5 Å². The third-order valence-electron chi connectivity index (χ3n) is 4.57. The average Bonchev–Trinajstić information content (AvgIpc) is 2.73. The second kappa shape index (κ2) is 9.19. The molecule has 0 spiro atoms. The summed E-state index contributed by atoms with van der Waals surface area (Å²) >= 11 is 0. The monoisotopic (exact) mass is 390 g/mol. The Morgan fingerprint density at radius 1 is 1.10 bits per heavy atom. The third kappa shape index (κ3) is 5.10. The molecule has 6 heteroatoms. The number of ether oxygens (including phenoxy) is 1. The molecule has 1 heterocycles. The molecule has 0 aliphatic rings. The van der Waals surface area contributed by atoms with Gasteiger partial charge in [0.15, 0.2) is 0 Å².